The number of rotatable bonds is 3. The first-order valence-electron chi connectivity index (χ1n) is 2.13. The van der Waals surface area contributed by atoms with Crippen molar-refractivity contribution in [2.75, 3.05) is 0 Å². The van der Waals surface area contributed by atoms with E-state index in [1.807, 2.05) is 0 Å². The zero-order chi connectivity index (χ0) is 12.9. The molecule has 0 radical (unpaired) electrons. The summed E-state index contributed by atoms with van der Waals surface area (Å²) in [5.74, 6) is 0. The van der Waals surface area contributed by atoms with Crippen LogP contribution in [0.25, 0.3) is 0 Å². The maximum atomic E-state index is 9.37. The first-order valence-corrected chi connectivity index (χ1v) is 6.77. The van der Waals surface area contributed by atoms with Gasteiger partial charge in [-0.3, -0.25) is 0 Å². The average molecular weight is 374 g/mol. The maximum absolute atomic E-state index is 9.37. The summed E-state index contributed by atoms with van der Waals surface area (Å²) in [4.78, 5) is 0. The van der Waals surface area contributed by atoms with Gasteiger partial charge in [0.25, 0.3) is 0 Å². The molecule has 94 valence electrons. The molecule has 0 aromatic heterocycles. The topological polar surface area (TPSA) is 204 Å². The standard InChI is InChI=1S/K.Mn.Na.H2O8S2.H2O.3O/c;;;1-9(2,3)7-8-10(4,5)6;;;;/h;;;(H,1,2,3)(H,4,5,6);1H2;;;/q3*+1;;;;;/p-3. The molecule has 0 saturated carbocycles. The third-order valence-corrected chi connectivity index (χ3v) is 0.750. The van der Waals surface area contributed by atoms with E-state index in [0.717, 1.165) is 0 Å². The predicted molar refractivity (Wildman–Crippen MR) is 25.8 cm³/mol. The Balaban J connectivity index is -0.000000105. The fourth-order valence-electron chi connectivity index (χ4n) is 0.0680. The van der Waals surface area contributed by atoms with E-state index in [9.17, 15) is 25.9 Å². The van der Waals surface area contributed by atoms with Crippen LogP contribution in [0.5, 0.6) is 0 Å². The van der Waals surface area contributed by atoms with Gasteiger partial charge in [0.1, 0.15) is 0 Å². The second kappa shape index (κ2) is 11.0. The summed E-state index contributed by atoms with van der Waals surface area (Å²) in [7, 11) is -10.6. The molecule has 0 rings (SSSR count). The van der Waals surface area contributed by atoms with E-state index in [-0.39, 0.29) is 80.9 Å². The van der Waals surface area contributed by atoms with Crippen molar-refractivity contribution >= 4 is 20.8 Å². The molecule has 0 aromatic carbocycles. The summed E-state index contributed by atoms with van der Waals surface area (Å²) >= 11 is -5.38. The first-order chi connectivity index (χ1) is 6.21. The molecule has 0 aromatic rings. The number of hydrogen-bond acceptors (Lipinski definition) is 11. The summed E-state index contributed by atoms with van der Waals surface area (Å²) in [5, 5.41) is 0. The zero-order valence-electron chi connectivity index (χ0n) is 8.13. The second-order valence-electron chi connectivity index (χ2n) is 1.35. The summed E-state index contributed by atoms with van der Waals surface area (Å²) in [6.07, 6.45) is 0. The Kier molecular flexibility index (Phi) is 17.8. The van der Waals surface area contributed by atoms with Crippen LogP contribution < -0.4 is 80.9 Å². The van der Waals surface area contributed by atoms with E-state index < -0.39 is 33.8 Å². The van der Waals surface area contributed by atoms with Gasteiger partial charge in [-0.05, 0) is 0 Å². The molecular formula is HKMnNaO12S2. The molecule has 0 fully saturated rings. The quantitative estimate of drug-likeness (QED) is 0.161. The minimum absolute atomic E-state index is 0. The van der Waals surface area contributed by atoms with Crippen LogP contribution >= 0.6 is 0 Å². The van der Waals surface area contributed by atoms with Gasteiger partial charge in [0.2, 0.25) is 20.8 Å². The zero-order valence-corrected chi connectivity index (χ0v) is 16.1. The Hall–Kier alpha value is 2.26. The van der Waals surface area contributed by atoms with Gasteiger partial charge in [-0.15, -0.1) is 8.67 Å². The van der Waals surface area contributed by atoms with Crippen molar-refractivity contribution in [3.8, 4) is 0 Å². The Morgan fingerprint density at radius 2 is 1.00 bits per heavy atom. The van der Waals surface area contributed by atoms with Crippen LogP contribution in [0.15, 0.2) is 0 Å². The Labute approximate surface area is 162 Å². The fourth-order valence-corrected chi connectivity index (χ4v) is 0.612. The molecular weight excluding hydrogens is 373 g/mol. The van der Waals surface area contributed by atoms with Crippen molar-refractivity contribution in [1.82, 2.24) is 0 Å². The summed E-state index contributed by atoms with van der Waals surface area (Å²) < 4.78 is 94.5. The molecule has 0 spiro atoms. The van der Waals surface area contributed by atoms with E-state index in [4.69, 9.17) is 15.7 Å². The van der Waals surface area contributed by atoms with Crippen LogP contribution in [0, 0.1) is 0 Å². The van der Waals surface area contributed by atoms with Crippen molar-refractivity contribution in [1.29, 1.82) is 0 Å². The van der Waals surface area contributed by atoms with Gasteiger partial charge in [-0.2, -0.15) is 0 Å². The minimum atomic E-state index is -5.38. The molecule has 17 heteroatoms. The number of hydrogen-bond donors (Lipinski definition) is 1. The van der Waals surface area contributed by atoms with E-state index in [2.05, 4.69) is 8.67 Å². The van der Waals surface area contributed by atoms with E-state index in [0.29, 0.717) is 0 Å². The van der Waals surface area contributed by atoms with Gasteiger partial charge in [0.15, 0.2) is 0 Å². The SMILES string of the molecule is O=S(=O)([O-])OOS(=O)(=O)[O-].[K+].[Na+].[O]=[Mn](=[O])(=[O])[OH]. The van der Waals surface area contributed by atoms with Crippen molar-refractivity contribution in [2.45, 2.75) is 0 Å². The summed E-state index contributed by atoms with van der Waals surface area (Å²) in [6, 6.07) is 0. The Morgan fingerprint density at radius 3 is 1.06 bits per heavy atom. The molecule has 17 heavy (non-hydrogen) atoms. The van der Waals surface area contributed by atoms with Gasteiger partial charge >= 0.3 is 110 Å². The molecule has 0 atom stereocenters. The Bertz CT molecular complexity index is 484. The molecule has 1 N–H and O–H groups in total. The molecule has 0 bridgehead atoms. The third kappa shape index (κ3) is 56.3. The van der Waals surface area contributed by atoms with Gasteiger partial charge in [0, 0.05) is 0 Å². The van der Waals surface area contributed by atoms with Gasteiger partial charge < -0.3 is 9.11 Å². The van der Waals surface area contributed by atoms with Gasteiger partial charge in [-0.1, -0.05) is 0 Å². The van der Waals surface area contributed by atoms with Crippen LogP contribution in [-0.2, 0) is 53.9 Å². The van der Waals surface area contributed by atoms with Gasteiger partial charge in [0.05, 0.1) is 0 Å². The average Bonchev–Trinajstić information content (AvgIpc) is 1.76. The molecule has 0 aliphatic rings. The summed E-state index contributed by atoms with van der Waals surface area (Å²) in [5.41, 5.74) is 0. The van der Waals surface area contributed by atoms with Crippen molar-refractivity contribution in [3.05, 3.63) is 0 Å². The molecule has 0 heterocycles. The molecule has 0 aliphatic carbocycles. The third-order valence-electron chi connectivity index (χ3n) is 0.194. The first kappa shape index (κ1) is 27.6. The predicted octanol–water partition coefficient (Wildman–Crippen LogP) is -9.05. The molecule has 0 amide bonds. The summed E-state index contributed by atoms with van der Waals surface area (Å²) in [6.45, 7) is 0. The van der Waals surface area contributed by atoms with Crippen molar-refractivity contribution < 1.29 is 144 Å². The Morgan fingerprint density at radius 1 is 0.882 bits per heavy atom. The molecule has 0 aliphatic heterocycles. The van der Waals surface area contributed by atoms with Crippen LogP contribution in [0.4, 0.5) is 0 Å². The van der Waals surface area contributed by atoms with Crippen molar-refractivity contribution in [3.63, 3.8) is 0 Å². The monoisotopic (exact) mass is 374 g/mol. The van der Waals surface area contributed by atoms with E-state index in [1.54, 1.807) is 0 Å². The normalized spacial score (nSPS) is 11.2. The van der Waals surface area contributed by atoms with E-state index in [1.165, 1.54) is 0 Å². The molecule has 0 unspecified atom stereocenters. The van der Waals surface area contributed by atoms with Crippen LogP contribution in [0.2, 0.25) is 0 Å². The molecule has 12 nitrogen and oxygen atoms in total. The molecule has 0 saturated heterocycles. The van der Waals surface area contributed by atoms with Crippen LogP contribution in [0.1, 0.15) is 0 Å². The van der Waals surface area contributed by atoms with Crippen molar-refractivity contribution in [2.24, 2.45) is 0 Å². The van der Waals surface area contributed by atoms with Crippen LogP contribution in [0.3, 0.4) is 0 Å². The fraction of sp³-hybridized carbons (Fsp3) is 0. The van der Waals surface area contributed by atoms with Crippen LogP contribution in [-0.4, -0.2) is 30.1 Å². The second-order valence-corrected chi connectivity index (χ2v) is 4.49. The van der Waals surface area contributed by atoms with Gasteiger partial charge in [-0.25, -0.2) is 16.8 Å². The van der Waals surface area contributed by atoms with E-state index >= 15 is 0 Å².